The molecule has 1 aliphatic heterocycles. The fourth-order valence-electron chi connectivity index (χ4n) is 3.33. The molecule has 1 fully saturated rings. The van der Waals surface area contributed by atoms with Crippen molar-refractivity contribution < 1.29 is 9.53 Å². The number of aryl methyl sites for hydroxylation is 1. The van der Waals surface area contributed by atoms with Gasteiger partial charge in [-0.15, -0.1) is 11.3 Å². The van der Waals surface area contributed by atoms with Gasteiger partial charge in [-0.25, -0.2) is 4.98 Å². The van der Waals surface area contributed by atoms with E-state index in [2.05, 4.69) is 12.1 Å². The molecule has 1 amide bonds. The number of carbonyl (C=O) groups excluding carboxylic acids is 1. The summed E-state index contributed by atoms with van der Waals surface area (Å²) in [7, 11) is 0. The van der Waals surface area contributed by atoms with Crippen LogP contribution in [0.2, 0.25) is 0 Å². The smallest absolute Gasteiger partial charge is 0.226 e. The number of benzene rings is 1. The molecular weight excluding hydrogens is 308 g/mol. The van der Waals surface area contributed by atoms with Crippen LogP contribution < -0.4 is 0 Å². The third kappa shape index (κ3) is 3.03. The number of thiazole rings is 1. The molecule has 5 heteroatoms. The molecule has 0 N–H and O–H groups in total. The van der Waals surface area contributed by atoms with Gasteiger partial charge in [0, 0.05) is 29.4 Å². The molecule has 1 aliphatic carbocycles. The van der Waals surface area contributed by atoms with Gasteiger partial charge in [-0.05, 0) is 19.3 Å². The van der Waals surface area contributed by atoms with Gasteiger partial charge in [-0.3, -0.25) is 4.79 Å². The van der Waals surface area contributed by atoms with Crippen LogP contribution in [0.15, 0.2) is 30.3 Å². The van der Waals surface area contributed by atoms with Crippen LogP contribution in [0.4, 0.5) is 0 Å². The van der Waals surface area contributed by atoms with Crippen LogP contribution in [0.3, 0.4) is 0 Å². The van der Waals surface area contributed by atoms with Gasteiger partial charge in [-0.2, -0.15) is 0 Å². The van der Waals surface area contributed by atoms with Gasteiger partial charge in [0.15, 0.2) is 0 Å². The number of rotatable bonds is 2. The van der Waals surface area contributed by atoms with Crippen molar-refractivity contribution in [1.82, 2.24) is 9.88 Å². The molecule has 2 heterocycles. The maximum absolute atomic E-state index is 12.7. The molecule has 1 unspecified atom stereocenters. The third-order valence-corrected chi connectivity index (χ3v) is 5.80. The Balaban J connectivity index is 1.51. The van der Waals surface area contributed by atoms with Crippen LogP contribution in [0, 0.1) is 5.92 Å². The summed E-state index contributed by atoms with van der Waals surface area (Å²) in [6.07, 6.45) is 2.68. The fourth-order valence-corrected chi connectivity index (χ4v) is 4.53. The summed E-state index contributed by atoms with van der Waals surface area (Å²) in [6.45, 7) is 2.81. The van der Waals surface area contributed by atoms with E-state index in [-0.39, 0.29) is 5.92 Å². The molecule has 0 saturated carbocycles. The van der Waals surface area contributed by atoms with E-state index in [1.807, 2.05) is 23.1 Å². The Hall–Kier alpha value is -1.72. The van der Waals surface area contributed by atoms with Crippen LogP contribution in [-0.2, 0) is 22.4 Å². The van der Waals surface area contributed by atoms with Crippen molar-refractivity contribution in [2.75, 3.05) is 26.3 Å². The lowest BCUT2D eigenvalue weighted by molar-refractivity contribution is -0.140. The maximum atomic E-state index is 12.7. The van der Waals surface area contributed by atoms with E-state index < -0.39 is 0 Å². The van der Waals surface area contributed by atoms with Crippen molar-refractivity contribution in [1.29, 1.82) is 0 Å². The van der Waals surface area contributed by atoms with E-state index in [4.69, 9.17) is 9.72 Å². The van der Waals surface area contributed by atoms with Gasteiger partial charge >= 0.3 is 0 Å². The minimum atomic E-state index is 0.115. The van der Waals surface area contributed by atoms with E-state index >= 15 is 0 Å². The van der Waals surface area contributed by atoms with Crippen LogP contribution >= 0.6 is 11.3 Å². The highest BCUT2D eigenvalue weighted by atomic mass is 32.1. The van der Waals surface area contributed by atoms with Crippen LogP contribution in [0.1, 0.15) is 17.0 Å². The van der Waals surface area contributed by atoms with Crippen molar-refractivity contribution in [2.45, 2.75) is 19.3 Å². The van der Waals surface area contributed by atoms with Gasteiger partial charge in [0.05, 0.1) is 18.9 Å². The van der Waals surface area contributed by atoms with E-state index in [1.54, 1.807) is 11.3 Å². The normalized spacial score (nSPS) is 21.0. The van der Waals surface area contributed by atoms with Crippen LogP contribution in [0.5, 0.6) is 0 Å². The summed E-state index contributed by atoms with van der Waals surface area (Å²) in [4.78, 5) is 20.8. The van der Waals surface area contributed by atoms with Crippen molar-refractivity contribution in [3.63, 3.8) is 0 Å². The third-order valence-electron chi connectivity index (χ3n) is 4.63. The molecule has 0 radical (unpaired) electrons. The monoisotopic (exact) mass is 328 g/mol. The minimum absolute atomic E-state index is 0.115. The average Bonchev–Trinajstić information content (AvgIpc) is 3.06. The number of morpholine rings is 1. The molecule has 2 aliphatic rings. The number of fused-ring (bicyclic) bond motifs is 1. The molecule has 2 aromatic rings. The van der Waals surface area contributed by atoms with Gasteiger partial charge in [0.1, 0.15) is 5.01 Å². The van der Waals surface area contributed by atoms with Gasteiger partial charge in [0.2, 0.25) is 5.91 Å². The van der Waals surface area contributed by atoms with Crippen LogP contribution in [0.25, 0.3) is 10.6 Å². The van der Waals surface area contributed by atoms with E-state index in [0.717, 1.165) is 37.4 Å². The number of nitrogens with zero attached hydrogens (tertiary/aromatic N) is 2. The van der Waals surface area contributed by atoms with Crippen molar-refractivity contribution in [3.05, 3.63) is 40.9 Å². The molecule has 0 bridgehead atoms. The zero-order chi connectivity index (χ0) is 15.6. The lowest BCUT2D eigenvalue weighted by Crippen LogP contribution is -2.44. The van der Waals surface area contributed by atoms with Crippen molar-refractivity contribution in [3.8, 4) is 10.6 Å². The topological polar surface area (TPSA) is 42.4 Å². The average molecular weight is 328 g/mol. The Kier molecular flexibility index (Phi) is 4.14. The molecule has 1 atom stereocenters. The Bertz CT molecular complexity index is 692. The molecular formula is C18H20N2O2S. The van der Waals surface area contributed by atoms with Crippen molar-refractivity contribution in [2.24, 2.45) is 5.92 Å². The van der Waals surface area contributed by atoms with Gasteiger partial charge < -0.3 is 9.64 Å². The lowest BCUT2D eigenvalue weighted by Gasteiger charge is -2.31. The van der Waals surface area contributed by atoms with Crippen molar-refractivity contribution >= 4 is 17.2 Å². The molecule has 1 aromatic carbocycles. The first-order chi connectivity index (χ1) is 11.3. The molecule has 4 rings (SSSR count). The predicted octanol–water partition coefficient (Wildman–Crippen LogP) is 2.77. The Morgan fingerprint density at radius 2 is 2.00 bits per heavy atom. The summed E-state index contributed by atoms with van der Waals surface area (Å²) < 4.78 is 5.34. The van der Waals surface area contributed by atoms with Gasteiger partial charge in [0.25, 0.3) is 0 Å². The molecule has 120 valence electrons. The summed E-state index contributed by atoms with van der Waals surface area (Å²) in [5, 5.41) is 1.08. The zero-order valence-corrected chi connectivity index (χ0v) is 13.8. The highest BCUT2D eigenvalue weighted by Crippen LogP contribution is 2.35. The first-order valence-corrected chi connectivity index (χ1v) is 9.03. The first-order valence-electron chi connectivity index (χ1n) is 8.22. The molecule has 1 saturated heterocycles. The number of hydrogen-bond acceptors (Lipinski definition) is 4. The van der Waals surface area contributed by atoms with E-state index in [9.17, 15) is 4.79 Å². The SMILES string of the molecule is O=C(C1CCc2nc(-c3ccccc3)sc2C1)N1CCOCC1. The second-order valence-corrected chi connectivity index (χ2v) is 7.22. The highest BCUT2D eigenvalue weighted by Gasteiger charge is 2.31. The predicted molar refractivity (Wildman–Crippen MR) is 90.5 cm³/mol. The number of amides is 1. The van der Waals surface area contributed by atoms with Crippen LogP contribution in [-0.4, -0.2) is 42.1 Å². The second kappa shape index (κ2) is 6.42. The number of hydrogen-bond donors (Lipinski definition) is 0. The largest absolute Gasteiger partial charge is 0.378 e. The molecule has 23 heavy (non-hydrogen) atoms. The maximum Gasteiger partial charge on any atom is 0.226 e. The Morgan fingerprint density at radius 1 is 1.22 bits per heavy atom. The highest BCUT2D eigenvalue weighted by molar-refractivity contribution is 7.15. The number of carbonyl (C=O) groups is 1. The Morgan fingerprint density at radius 3 is 2.78 bits per heavy atom. The quantitative estimate of drug-likeness (QED) is 0.851. The minimum Gasteiger partial charge on any atom is -0.378 e. The number of ether oxygens (including phenoxy) is 1. The summed E-state index contributed by atoms with van der Waals surface area (Å²) in [5.41, 5.74) is 2.36. The zero-order valence-electron chi connectivity index (χ0n) is 13.0. The molecule has 4 nitrogen and oxygen atoms in total. The van der Waals surface area contributed by atoms with Gasteiger partial charge in [-0.1, -0.05) is 30.3 Å². The summed E-state index contributed by atoms with van der Waals surface area (Å²) >= 11 is 1.75. The summed E-state index contributed by atoms with van der Waals surface area (Å²) in [6, 6.07) is 10.3. The van der Waals surface area contributed by atoms with E-state index in [0.29, 0.717) is 19.1 Å². The molecule has 1 aromatic heterocycles. The summed E-state index contributed by atoms with van der Waals surface area (Å²) in [5.74, 6) is 0.415. The first kappa shape index (κ1) is 14.8. The van der Waals surface area contributed by atoms with E-state index in [1.165, 1.54) is 16.1 Å². The molecule has 0 spiro atoms. The Labute approximate surface area is 140 Å². The standard InChI is InChI=1S/C18H20N2O2S/c21-18(20-8-10-22-11-9-20)14-6-7-15-16(12-14)23-17(19-15)13-4-2-1-3-5-13/h1-5,14H,6-12H2. The lowest BCUT2D eigenvalue weighted by atomic mass is 9.90. The number of aromatic nitrogens is 1. The fraction of sp³-hybridized carbons (Fsp3) is 0.444. The second-order valence-electron chi connectivity index (χ2n) is 6.13.